The molecule has 2 saturated heterocycles. The van der Waals surface area contributed by atoms with Gasteiger partial charge in [0.2, 0.25) is 0 Å². The molecule has 2 fully saturated rings. The number of aromatic nitrogens is 4. The summed E-state index contributed by atoms with van der Waals surface area (Å²) in [6, 6.07) is 10.4. The molecule has 2 aliphatic heterocycles. The number of nitrogens with zero attached hydrogens (tertiary/aromatic N) is 6. The van der Waals surface area contributed by atoms with E-state index in [4.69, 9.17) is 75.8 Å². The molecule has 0 radical (unpaired) electrons. The van der Waals surface area contributed by atoms with Crippen LogP contribution in [-0.4, -0.2) is 46.1 Å². The molecule has 0 bridgehead atoms. The summed E-state index contributed by atoms with van der Waals surface area (Å²) in [6.07, 6.45) is 6.55. The van der Waals surface area contributed by atoms with Gasteiger partial charge in [-0.15, -0.1) is 0 Å². The third kappa shape index (κ3) is 5.96. The van der Waals surface area contributed by atoms with Gasteiger partial charge >= 0.3 is 12.0 Å². The highest BCUT2D eigenvalue weighted by Crippen LogP contribution is 2.38. The number of fused-ring (bicyclic) bond motifs is 1. The Morgan fingerprint density at radius 1 is 0.525 bits per heavy atom. The number of hydrogen-bond acceptors (Lipinski definition) is 8. The molecule has 0 aliphatic carbocycles. The number of halogens is 4. The van der Waals surface area contributed by atoms with Gasteiger partial charge in [0.05, 0.1) is 10.0 Å². The van der Waals surface area contributed by atoms with E-state index < -0.39 is 0 Å². The first-order valence-corrected chi connectivity index (χ1v) is 14.8. The van der Waals surface area contributed by atoms with Gasteiger partial charge in [0.1, 0.15) is 22.5 Å². The van der Waals surface area contributed by atoms with Gasteiger partial charge in [0.15, 0.2) is 11.6 Å². The van der Waals surface area contributed by atoms with Crippen molar-refractivity contribution >= 4 is 69.1 Å². The molecule has 2 aromatic carbocycles. The number of rotatable bonds is 6. The lowest BCUT2D eigenvalue weighted by Gasteiger charge is -2.30. The number of ether oxygens (including phenoxy) is 2. The topological polar surface area (TPSA) is 76.5 Å². The van der Waals surface area contributed by atoms with Crippen molar-refractivity contribution in [3.63, 3.8) is 0 Å². The molecule has 6 rings (SSSR count). The largest absolute Gasteiger partial charge is 0.423 e. The molecular formula is C28H26Cl4N6O2. The highest BCUT2D eigenvalue weighted by Gasteiger charge is 2.26. The van der Waals surface area contributed by atoms with Gasteiger partial charge in [-0.3, -0.25) is 0 Å². The van der Waals surface area contributed by atoms with E-state index in [1.807, 2.05) is 0 Å². The Morgan fingerprint density at radius 3 is 1.30 bits per heavy atom. The smallest absolute Gasteiger partial charge is 0.324 e. The summed E-state index contributed by atoms with van der Waals surface area (Å²) in [7, 11) is 0. The van der Waals surface area contributed by atoms with Crippen LogP contribution in [0.5, 0.6) is 23.5 Å². The average Bonchev–Trinajstić information content (AvgIpc) is 2.96. The molecule has 12 heteroatoms. The van der Waals surface area contributed by atoms with Crippen molar-refractivity contribution < 1.29 is 9.47 Å². The second kappa shape index (κ2) is 12.0. The maximum absolute atomic E-state index is 6.42. The number of anilines is 2. The molecule has 40 heavy (non-hydrogen) atoms. The summed E-state index contributed by atoms with van der Waals surface area (Å²) in [5, 5.41) is 1.76. The first-order chi connectivity index (χ1) is 19.4. The van der Waals surface area contributed by atoms with Crippen LogP contribution in [0.15, 0.2) is 36.4 Å². The van der Waals surface area contributed by atoms with Crippen LogP contribution in [0.1, 0.15) is 38.5 Å². The van der Waals surface area contributed by atoms with Crippen LogP contribution in [0, 0.1) is 0 Å². The standard InChI is InChI=1S/C28H26Cl4N6O2/c29-17-7-9-21(19(31)15-17)39-27-34-24-23(25(35-27)37-11-3-1-4-12-37)33-28(36-26(24)38-13-5-2-6-14-38)40-22-10-8-18(30)16-20(22)32/h7-10,15-16H,1-6,11-14H2. The summed E-state index contributed by atoms with van der Waals surface area (Å²) < 4.78 is 12.2. The molecule has 4 heterocycles. The Bertz CT molecular complexity index is 1430. The van der Waals surface area contributed by atoms with E-state index in [0.29, 0.717) is 54.3 Å². The van der Waals surface area contributed by atoms with Gasteiger partial charge in [-0.1, -0.05) is 46.4 Å². The highest BCUT2D eigenvalue weighted by atomic mass is 35.5. The normalized spacial score (nSPS) is 15.9. The Morgan fingerprint density at radius 2 is 0.925 bits per heavy atom. The fraction of sp³-hybridized carbons (Fsp3) is 0.357. The van der Waals surface area contributed by atoms with Gasteiger partial charge in [-0.25, -0.2) is 0 Å². The molecule has 8 nitrogen and oxygen atoms in total. The lowest BCUT2D eigenvalue weighted by atomic mass is 10.1. The van der Waals surface area contributed by atoms with Gasteiger partial charge in [-0.05, 0) is 74.9 Å². The minimum absolute atomic E-state index is 0.161. The second-order valence-corrected chi connectivity index (χ2v) is 11.5. The number of benzene rings is 2. The molecule has 0 N–H and O–H groups in total. The van der Waals surface area contributed by atoms with Crippen LogP contribution >= 0.6 is 46.4 Å². The fourth-order valence-electron chi connectivity index (χ4n) is 5.00. The van der Waals surface area contributed by atoms with E-state index in [0.717, 1.165) is 51.9 Å². The van der Waals surface area contributed by atoms with E-state index in [9.17, 15) is 0 Å². The third-order valence-corrected chi connectivity index (χ3v) is 8.03. The van der Waals surface area contributed by atoms with E-state index in [-0.39, 0.29) is 12.0 Å². The molecule has 0 atom stereocenters. The molecule has 0 unspecified atom stereocenters. The molecule has 4 aromatic rings. The van der Waals surface area contributed by atoms with Crippen molar-refractivity contribution in [1.29, 1.82) is 0 Å². The fourth-order valence-corrected chi connectivity index (χ4v) is 5.90. The van der Waals surface area contributed by atoms with E-state index in [1.54, 1.807) is 36.4 Å². The Balaban J connectivity index is 1.51. The zero-order chi connectivity index (χ0) is 27.6. The highest BCUT2D eigenvalue weighted by molar-refractivity contribution is 6.36. The SMILES string of the molecule is Clc1ccc(Oc2nc(N3CCCCC3)c3nc(Oc4ccc(Cl)cc4Cl)nc(N4CCCCC4)c3n2)c(Cl)c1. The van der Waals surface area contributed by atoms with Crippen LogP contribution in [0.2, 0.25) is 20.1 Å². The predicted octanol–water partition coefficient (Wildman–Crippen LogP) is 8.60. The first-order valence-electron chi connectivity index (χ1n) is 13.3. The van der Waals surface area contributed by atoms with Crippen LogP contribution in [0.3, 0.4) is 0 Å². The van der Waals surface area contributed by atoms with Crippen LogP contribution < -0.4 is 19.3 Å². The van der Waals surface area contributed by atoms with Crippen molar-refractivity contribution in [3.8, 4) is 23.5 Å². The molecule has 208 valence electrons. The van der Waals surface area contributed by atoms with E-state index in [2.05, 4.69) is 9.80 Å². The van der Waals surface area contributed by atoms with Crippen LogP contribution in [0.4, 0.5) is 11.6 Å². The lowest BCUT2D eigenvalue weighted by molar-refractivity contribution is 0.437. The molecule has 0 amide bonds. The molecule has 0 saturated carbocycles. The zero-order valence-corrected chi connectivity index (χ0v) is 24.6. The monoisotopic (exact) mass is 618 g/mol. The van der Waals surface area contributed by atoms with Gasteiger partial charge in [0, 0.05) is 36.2 Å². The minimum Gasteiger partial charge on any atom is -0.423 e. The second-order valence-electron chi connectivity index (χ2n) is 9.81. The van der Waals surface area contributed by atoms with Crippen molar-refractivity contribution in [1.82, 2.24) is 19.9 Å². The molecular weight excluding hydrogens is 594 g/mol. The van der Waals surface area contributed by atoms with Gasteiger partial charge < -0.3 is 19.3 Å². The summed E-state index contributed by atoms with van der Waals surface area (Å²) >= 11 is 25.0. The van der Waals surface area contributed by atoms with E-state index >= 15 is 0 Å². The zero-order valence-electron chi connectivity index (χ0n) is 21.5. The summed E-state index contributed by atoms with van der Waals surface area (Å²) in [6.45, 7) is 3.37. The summed E-state index contributed by atoms with van der Waals surface area (Å²) in [5.41, 5.74) is 1.18. The molecule has 0 spiro atoms. The molecule has 2 aromatic heterocycles. The van der Waals surface area contributed by atoms with Crippen molar-refractivity contribution in [2.75, 3.05) is 36.0 Å². The third-order valence-electron chi connectivity index (χ3n) is 6.97. The minimum atomic E-state index is 0.161. The summed E-state index contributed by atoms with van der Waals surface area (Å²) in [4.78, 5) is 23.8. The molecule has 2 aliphatic rings. The number of hydrogen-bond donors (Lipinski definition) is 0. The quantitative estimate of drug-likeness (QED) is 0.212. The van der Waals surface area contributed by atoms with Crippen LogP contribution in [0.25, 0.3) is 11.0 Å². The number of piperidine rings is 2. The predicted molar refractivity (Wildman–Crippen MR) is 160 cm³/mol. The maximum Gasteiger partial charge on any atom is 0.324 e. The maximum atomic E-state index is 6.42. The van der Waals surface area contributed by atoms with Crippen LogP contribution in [-0.2, 0) is 0 Å². The Labute approximate surface area is 252 Å². The first kappa shape index (κ1) is 27.4. The summed E-state index contributed by atoms with van der Waals surface area (Å²) in [5.74, 6) is 2.15. The Hall–Kier alpha value is -2.78. The van der Waals surface area contributed by atoms with Crippen molar-refractivity contribution in [3.05, 3.63) is 56.5 Å². The average molecular weight is 620 g/mol. The Kier molecular flexibility index (Phi) is 8.21. The van der Waals surface area contributed by atoms with Crippen molar-refractivity contribution in [2.24, 2.45) is 0 Å². The van der Waals surface area contributed by atoms with Gasteiger partial charge in [-0.2, -0.15) is 19.9 Å². The van der Waals surface area contributed by atoms with Gasteiger partial charge in [0.25, 0.3) is 0 Å². The lowest BCUT2D eigenvalue weighted by Crippen LogP contribution is -2.32. The van der Waals surface area contributed by atoms with Crippen molar-refractivity contribution in [2.45, 2.75) is 38.5 Å². The van der Waals surface area contributed by atoms with E-state index in [1.165, 1.54) is 12.8 Å².